The zero-order valence-electron chi connectivity index (χ0n) is 8.95. The van der Waals surface area contributed by atoms with E-state index in [4.69, 9.17) is 0 Å². The van der Waals surface area contributed by atoms with Gasteiger partial charge in [0.25, 0.3) is 0 Å². The quantitative estimate of drug-likeness (QED) is 0.777. The van der Waals surface area contributed by atoms with Crippen LogP contribution >= 0.6 is 0 Å². The van der Waals surface area contributed by atoms with E-state index in [0.717, 1.165) is 0 Å². The molecule has 0 aliphatic heterocycles. The summed E-state index contributed by atoms with van der Waals surface area (Å²) in [6.07, 6.45) is 3.11. The summed E-state index contributed by atoms with van der Waals surface area (Å²) < 4.78 is 24.9. The van der Waals surface area contributed by atoms with Gasteiger partial charge in [-0.1, -0.05) is 0 Å². The van der Waals surface area contributed by atoms with Crippen molar-refractivity contribution in [3.8, 4) is 0 Å². The van der Waals surface area contributed by atoms with Crippen molar-refractivity contribution in [3.63, 3.8) is 0 Å². The Bertz CT molecular complexity index is 623. The van der Waals surface area contributed by atoms with Gasteiger partial charge >= 0.3 is 0 Å². The van der Waals surface area contributed by atoms with E-state index in [2.05, 4.69) is 9.97 Å². The molecular weight excluding hydrogens is 226 g/mol. The number of benzene rings is 1. The summed E-state index contributed by atoms with van der Waals surface area (Å²) in [4.78, 5) is 8.37. The highest BCUT2D eigenvalue weighted by Crippen LogP contribution is 2.17. The second kappa shape index (κ2) is 3.80. The van der Waals surface area contributed by atoms with E-state index in [1.165, 1.54) is 36.7 Å². The summed E-state index contributed by atoms with van der Waals surface area (Å²) in [7, 11) is -0.410. The predicted molar refractivity (Wildman–Crippen MR) is 60.4 cm³/mol. The van der Waals surface area contributed by atoms with Gasteiger partial charge in [-0.05, 0) is 18.2 Å². The standard InChI is InChI=1S/C10H11N3O2S/c1-13(2)16(14,15)8-3-4-9-10(7-8)12-6-5-11-9/h3-7H,1-2H3. The SMILES string of the molecule is CN(C)S(=O)(=O)c1ccc2nccnc2c1. The molecule has 0 aliphatic rings. The van der Waals surface area contributed by atoms with Crippen molar-refractivity contribution in [2.45, 2.75) is 4.90 Å². The smallest absolute Gasteiger partial charge is 0.242 e. The maximum absolute atomic E-state index is 11.9. The fourth-order valence-corrected chi connectivity index (χ4v) is 2.24. The van der Waals surface area contributed by atoms with E-state index in [1.54, 1.807) is 12.3 Å². The fourth-order valence-electron chi connectivity index (χ4n) is 1.31. The summed E-state index contributed by atoms with van der Waals surface area (Å²) in [5.74, 6) is 0. The molecule has 0 spiro atoms. The van der Waals surface area contributed by atoms with Crippen molar-refractivity contribution in [3.05, 3.63) is 30.6 Å². The Labute approximate surface area is 93.8 Å². The molecule has 1 aromatic heterocycles. The lowest BCUT2D eigenvalue weighted by Crippen LogP contribution is -2.22. The van der Waals surface area contributed by atoms with E-state index < -0.39 is 10.0 Å². The van der Waals surface area contributed by atoms with Gasteiger partial charge in [0, 0.05) is 26.5 Å². The molecule has 2 rings (SSSR count). The zero-order chi connectivity index (χ0) is 11.8. The van der Waals surface area contributed by atoms with Crippen molar-refractivity contribution in [1.82, 2.24) is 14.3 Å². The number of fused-ring (bicyclic) bond motifs is 1. The molecule has 0 saturated carbocycles. The molecule has 0 unspecified atom stereocenters. The van der Waals surface area contributed by atoms with Gasteiger partial charge in [-0.25, -0.2) is 12.7 Å². The minimum Gasteiger partial charge on any atom is -0.253 e. The van der Waals surface area contributed by atoms with E-state index in [-0.39, 0.29) is 4.90 Å². The Balaban J connectivity index is 2.65. The Kier molecular flexibility index (Phi) is 2.61. The molecule has 1 heterocycles. The third kappa shape index (κ3) is 1.77. The van der Waals surface area contributed by atoms with E-state index in [9.17, 15) is 8.42 Å². The van der Waals surface area contributed by atoms with Gasteiger partial charge in [-0.15, -0.1) is 0 Å². The van der Waals surface area contributed by atoms with Gasteiger partial charge in [0.2, 0.25) is 10.0 Å². The molecule has 0 fully saturated rings. The number of sulfonamides is 1. The molecule has 0 saturated heterocycles. The first kappa shape index (κ1) is 11.0. The van der Waals surface area contributed by atoms with Crippen LogP contribution in [0.1, 0.15) is 0 Å². The van der Waals surface area contributed by atoms with Gasteiger partial charge in [-0.2, -0.15) is 0 Å². The molecule has 1 aromatic carbocycles. The molecule has 0 aliphatic carbocycles. The Morgan fingerprint density at radius 2 is 1.69 bits per heavy atom. The Morgan fingerprint density at radius 1 is 1.06 bits per heavy atom. The first-order valence-electron chi connectivity index (χ1n) is 4.65. The molecule has 0 N–H and O–H groups in total. The highest BCUT2D eigenvalue weighted by molar-refractivity contribution is 7.89. The summed E-state index contributed by atoms with van der Waals surface area (Å²) in [6.45, 7) is 0. The molecule has 0 amide bonds. The Hall–Kier alpha value is -1.53. The Morgan fingerprint density at radius 3 is 2.31 bits per heavy atom. The van der Waals surface area contributed by atoms with E-state index >= 15 is 0 Å². The van der Waals surface area contributed by atoms with Crippen LogP contribution in [0.5, 0.6) is 0 Å². The van der Waals surface area contributed by atoms with Crippen LogP contribution in [0, 0.1) is 0 Å². The summed E-state index contributed by atoms with van der Waals surface area (Å²) in [5, 5.41) is 0. The van der Waals surface area contributed by atoms with Crippen molar-refractivity contribution in [1.29, 1.82) is 0 Å². The number of nitrogens with zero attached hydrogens (tertiary/aromatic N) is 3. The van der Waals surface area contributed by atoms with Gasteiger partial charge in [0.15, 0.2) is 0 Å². The molecule has 16 heavy (non-hydrogen) atoms. The van der Waals surface area contributed by atoms with E-state index in [0.29, 0.717) is 11.0 Å². The average Bonchev–Trinajstić information content (AvgIpc) is 2.28. The lowest BCUT2D eigenvalue weighted by molar-refractivity contribution is 0.521. The highest BCUT2D eigenvalue weighted by Gasteiger charge is 2.17. The van der Waals surface area contributed by atoms with Crippen molar-refractivity contribution in [2.75, 3.05) is 14.1 Å². The van der Waals surface area contributed by atoms with Crippen LogP contribution in [0.25, 0.3) is 11.0 Å². The maximum Gasteiger partial charge on any atom is 0.242 e. The number of rotatable bonds is 2. The minimum atomic E-state index is -3.40. The topological polar surface area (TPSA) is 63.2 Å². The van der Waals surface area contributed by atoms with E-state index in [1.807, 2.05) is 0 Å². The highest BCUT2D eigenvalue weighted by atomic mass is 32.2. The van der Waals surface area contributed by atoms with Gasteiger partial charge in [0.1, 0.15) is 0 Å². The van der Waals surface area contributed by atoms with Crippen LogP contribution in [-0.2, 0) is 10.0 Å². The number of aromatic nitrogens is 2. The summed E-state index contributed by atoms with van der Waals surface area (Å²) in [6, 6.07) is 4.71. The molecule has 5 nitrogen and oxygen atoms in total. The maximum atomic E-state index is 11.9. The van der Waals surface area contributed by atoms with Crippen LogP contribution in [-0.4, -0.2) is 36.8 Å². The normalized spacial score (nSPS) is 12.2. The van der Waals surface area contributed by atoms with Crippen LogP contribution < -0.4 is 0 Å². The average molecular weight is 237 g/mol. The largest absolute Gasteiger partial charge is 0.253 e. The third-order valence-electron chi connectivity index (χ3n) is 2.22. The predicted octanol–water partition coefficient (Wildman–Crippen LogP) is 0.880. The molecule has 84 valence electrons. The molecular formula is C10H11N3O2S. The van der Waals surface area contributed by atoms with Crippen LogP contribution in [0.3, 0.4) is 0 Å². The number of hydrogen-bond donors (Lipinski definition) is 0. The zero-order valence-corrected chi connectivity index (χ0v) is 9.77. The first-order valence-corrected chi connectivity index (χ1v) is 6.09. The van der Waals surface area contributed by atoms with Crippen molar-refractivity contribution >= 4 is 21.1 Å². The van der Waals surface area contributed by atoms with Gasteiger partial charge in [-0.3, -0.25) is 9.97 Å². The van der Waals surface area contributed by atoms with Crippen LogP contribution in [0.2, 0.25) is 0 Å². The van der Waals surface area contributed by atoms with Gasteiger partial charge in [0.05, 0.1) is 15.9 Å². The first-order chi connectivity index (χ1) is 7.51. The monoisotopic (exact) mass is 237 g/mol. The molecule has 0 bridgehead atoms. The minimum absolute atomic E-state index is 0.227. The lowest BCUT2D eigenvalue weighted by Gasteiger charge is -2.11. The van der Waals surface area contributed by atoms with Crippen LogP contribution in [0.4, 0.5) is 0 Å². The van der Waals surface area contributed by atoms with Crippen LogP contribution in [0.15, 0.2) is 35.5 Å². The fraction of sp³-hybridized carbons (Fsp3) is 0.200. The number of hydrogen-bond acceptors (Lipinski definition) is 4. The second-order valence-electron chi connectivity index (χ2n) is 3.49. The molecule has 2 aromatic rings. The molecule has 6 heteroatoms. The summed E-state index contributed by atoms with van der Waals surface area (Å²) in [5.41, 5.74) is 1.26. The lowest BCUT2D eigenvalue weighted by atomic mass is 10.3. The van der Waals surface area contributed by atoms with Crippen molar-refractivity contribution < 1.29 is 8.42 Å². The van der Waals surface area contributed by atoms with Gasteiger partial charge < -0.3 is 0 Å². The molecule has 0 atom stereocenters. The second-order valence-corrected chi connectivity index (χ2v) is 5.65. The molecule has 0 radical (unpaired) electrons. The summed E-state index contributed by atoms with van der Waals surface area (Å²) >= 11 is 0. The van der Waals surface area contributed by atoms with Crippen molar-refractivity contribution in [2.24, 2.45) is 0 Å². The third-order valence-corrected chi connectivity index (χ3v) is 4.03.